The van der Waals surface area contributed by atoms with E-state index < -0.39 is 0 Å². The normalized spacial score (nSPS) is 18.4. The van der Waals surface area contributed by atoms with E-state index in [1.165, 1.54) is 0 Å². The zero-order chi connectivity index (χ0) is 17.4. The number of aryl methyl sites for hydroxylation is 3. The van der Waals surface area contributed by atoms with Crippen molar-refractivity contribution >= 4 is 11.8 Å². The largest absolute Gasteiger partial charge is 0.347 e. The first-order valence-corrected chi connectivity index (χ1v) is 8.23. The summed E-state index contributed by atoms with van der Waals surface area (Å²) < 4.78 is 0. The Hall–Kier alpha value is -1.84. The van der Waals surface area contributed by atoms with Crippen molar-refractivity contribution in [1.29, 1.82) is 0 Å². The monoisotopic (exact) mass is 316 g/mol. The summed E-state index contributed by atoms with van der Waals surface area (Å²) in [5.74, 6) is 0.0537. The summed E-state index contributed by atoms with van der Waals surface area (Å²) in [6.45, 7) is 13.6. The summed E-state index contributed by atoms with van der Waals surface area (Å²) in [6.07, 6.45) is 0.395. The van der Waals surface area contributed by atoms with Crippen molar-refractivity contribution in [3.05, 3.63) is 34.4 Å². The number of nitrogens with zero attached hydrogens (tertiary/aromatic N) is 1. The van der Waals surface area contributed by atoms with Gasteiger partial charge in [-0.3, -0.25) is 9.59 Å². The molecule has 4 nitrogen and oxygen atoms in total. The Balaban J connectivity index is 2.06. The highest BCUT2D eigenvalue weighted by Gasteiger charge is 2.33. The molecule has 1 unspecified atom stereocenters. The predicted octanol–water partition coefficient (Wildman–Crippen LogP) is 2.99. The zero-order valence-electron chi connectivity index (χ0n) is 15.1. The Morgan fingerprint density at radius 3 is 2.30 bits per heavy atom. The minimum atomic E-state index is -0.0996. The molecule has 1 saturated heterocycles. The van der Waals surface area contributed by atoms with Crippen LogP contribution in [-0.4, -0.2) is 35.8 Å². The average Bonchev–Trinajstić information content (AvgIpc) is 2.65. The molecule has 0 spiro atoms. The van der Waals surface area contributed by atoms with E-state index in [1.54, 1.807) is 0 Å². The van der Waals surface area contributed by atoms with Gasteiger partial charge in [0.15, 0.2) is 0 Å². The lowest BCUT2D eigenvalue weighted by atomic mass is 9.96. The number of carbonyl (C=O) groups excluding carboxylic acids is 2. The van der Waals surface area contributed by atoms with Crippen LogP contribution in [0.1, 0.15) is 54.2 Å². The molecular formula is C19H28N2O2. The number of amides is 2. The van der Waals surface area contributed by atoms with Crippen LogP contribution in [-0.2, 0) is 4.79 Å². The molecule has 4 heteroatoms. The van der Waals surface area contributed by atoms with Gasteiger partial charge in [-0.2, -0.15) is 0 Å². The molecule has 0 aromatic heterocycles. The van der Waals surface area contributed by atoms with E-state index in [0.29, 0.717) is 13.0 Å². The lowest BCUT2D eigenvalue weighted by Crippen LogP contribution is -2.39. The fourth-order valence-electron chi connectivity index (χ4n) is 3.39. The molecule has 0 saturated carbocycles. The molecule has 1 N–H and O–H groups in total. The number of benzene rings is 1. The zero-order valence-corrected chi connectivity index (χ0v) is 15.1. The van der Waals surface area contributed by atoms with E-state index in [-0.39, 0.29) is 23.3 Å². The molecule has 1 heterocycles. The van der Waals surface area contributed by atoms with Crippen LogP contribution in [0, 0.1) is 26.2 Å². The van der Waals surface area contributed by atoms with Gasteiger partial charge in [0.25, 0.3) is 5.91 Å². The molecule has 0 aliphatic carbocycles. The van der Waals surface area contributed by atoms with Gasteiger partial charge in [0, 0.05) is 25.1 Å². The first-order chi connectivity index (χ1) is 10.6. The van der Waals surface area contributed by atoms with Crippen LogP contribution < -0.4 is 5.32 Å². The van der Waals surface area contributed by atoms with Gasteiger partial charge in [-0.15, -0.1) is 0 Å². The molecule has 2 rings (SSSR count). The van der Waals surface area contributed by atoms with Crippen LogP contribution >= 0.6 is 0 Å². The number of carbonyl (C=O) groups is 2. The number of rotatable bonds is 3. The van der Waals surface area contributed by atoms with Crippen LogP contribution in [0.4, 0.5) is 0 Å². The summed E-state index contributed by atoms with van der Waals surface area (Å²) in [4.78, 5) is 26.6. The molecular weight excluding hydrogens is 288 g/mol. The minimum absolute atomic E-state index is 0.0681. The second-order valence-corrected chi connectivity index (χ2v) is 7.98. The fourth-order valence-corrected chi connectivity index (χ4v) is 3.39. The van der Waals surface area contributed by atoms with Crippen molar-refractivity contribution in [2.75, 3.05) is 13.1 Å². The summed E-state index contributed by atoms with van der Waals surface area (Å²) in [7, 11) is 0. The maximum atomic E-state index is 12.6. The summed E-state index contributed by atoms with van der Waals surface area (Å²) in [5.41, 5.74) is 3.92. The van der Waals surface area contributed by atoms with Crippen LogP contribution in [0.15, 0.2) is 12.1 Å². The van der Waals surface area contributed by atoms with Gasteiger partial charge in [0.1, 0.15) is 0 Å². The van der Waals surface area contributed by atoms with Crippen molar-refractivity contribution in [3.8, 4) is 0 Å². The molecule has 2 amide bonds. The van der Waals surface area contributed by atoms with Crippen molar-refractivity contribution in [2.45, 2.75) is 54.0 Å². The molecule has 1 fully saturated rings. The quantitative estimate of drug-likeness (QED) is 0.932. The molecule has 0 radical (unpaired) electrons. The Kier molecular flexibility index (Phi) is 4.83. The smallest absolute Gasteiger partial charge is 0.252 e. The topological polar surface area (TPSA) is 49.4 Å². The average molecular weight is 316 g/mol. The fraction of sp³-hybridized carbons (Fsp3) is 0.579. The van der Waals surface area contributed by atoms with Gasteiger partial charge >= 0.3 is 0 Å². The highest BCUT2D eigenvalue weighted by atomic mass is 16.2. The Morgan fingerprint density at radius 1 is 1.22 bits per heavy atom. The van der Waals surface area contributed by atoms with Crippen molar-refractivity contribution < 1.29 is 9.59 Å². The van der Waals surface area contributed by atoms with Crippen LogP contribution in [0.25, 0.3) is 0 Å². The summed E-state index contributed by atoms with van der Waals surface area (Å²) >= 11 is 0. The van der Waals surface area contributed by atoms with E-state index in [1.807, 2.05) is 37.8 Å². The minimum Gasteiger partial charge on any atom is -0.347 e. The number of hydrogen-bond acceptors (Lipinski definition) is 2. The van der Waals surface area contributed by atoms with Crippen molar-refractivity contribution in [3.63, 3.8) is 0 Å². The molecule has 126 valence electrons. The lowest BCUT2D eigenvalue weighted by Gasteiger charge is -2.26. The summed E-state index contributed by atoms with van der Waals surface area (Å²) in [6, 6.07) is 3.94. The SMILES string of the molecule is Cc1cc(C)c(C(=O)NC2CC(=O)N(CC(C)(C)C)C2)c(C)c1. The van der Waals surface area contributed by atoms with Gasteiger partial charge in [-0.25, -0.2) is 0 Å². The van der Waals surface area contributed by atoms with E-state index >= 15 is 0 Å². The number of nitrogens with one attached hydrogen (secondary N) is 1. The van der Waals surface area contributed by atoms with E-state index in [0.717, 1.165) is 28.8 Å². The van der Waals surface area contributed by atoms with E-state index in [4.69, 9.17) is 0 Å². The molecule has 1 aliphatic heterocycles. The van der Waals surface area contributed by atoms with Crippen LogP contribution in [0.5, 0.6) is 0 Å². The Morgan fingerprint density at radius 2 is 1.78 bits per heavy atom. The summed E-state index contributed by atoms with van der Waals surface area (Å²) in [5, 5.41) is 3.04. The van der Waals surface area contributed by atoms with E-state index in [2.05, 4.69) is 26.1 Å². The predicted molar refractivity (Wildman–Crippen MR) is 92.6 cm³/mol. The standard InChI is InChI=1S/C19H28N2O2/c1-12-7-13(2)17(14(3)8-12)18(23)20-15-9-16(22)21(10-15)11-19(4,5)6/h7-8,15H,9-11H2,1-6H3,(H,20,23). The van der Waals surface area contributed by atoms with Crippen molar-refractivity contribution in [2.24, 2.45) is 5.41 Å². The van der Waals surface area contributed by atoms with Gasteiger partial charge < -0.3 is 10.2 Å². The van der Waals surface area contributed by atoms with Gasteiger partial charge in [-0.1, -0.05) is 38.5 Å². The van der Waals surface area contributed by atoms with Crippen molar-refractivity contribution in [1.82, 2.24) is 10.2 Å². The third kappa shape index (κ3) is 4.34. The third-order valence-corrected chi connectivity index (χ3v) is 4.12. The Labute approximate surface area is 139 Å². The highest BCUT2D eigenvalue weighted by molar-refractivity contribution is 5.97. The van der Waals surface area contributed by atoms with Gasteiger partial charge in [0.2, 0.25) is 5.91 Å². The van der Waals surface area contributed by atoms with Gasteiger partial charge in [-0.05, 0) is 37.3 Å². The first kappa shape index (κ1) is 17.5. The van der Waals surface area contributed by atoms with E-state index in [9.17, 15) is 9.59 Å². The highest BCUT2D eigenvalue weighted by Crippen LogP contribution is 2.21. The molecule has 1 aliphatic rings. The van der Waals surface area contributed by atoms with Crippen LogP contribution in [0.2, 0.25) is 0 Å². The molecule has 1 aromatic carbocycles. The molecule has 0 bridgehead atoms. The second-order valence-electron chi connectivity index (χ2n) is 7.98. The molecule has 23 heavy (non-hydrogen) atoms. The Bertz CT molecular complexity index is 606. The number of hydrogen-bond donors (Lipinski definition) is 1. The maximum absolute atomic E-state index is 12.6. The third-order valence-electron chi connectivity index (χ3n) is 4.12. The second kappa shape index (κ2) is 6.34. The lowest BCUT2D eigenvalue weighted by molar-refractivity contribution is -0.128. The van der Waals surface area contributed by atoms with Gasteiger partial charge in [0.05, 0.1) is 6.04 Å². The molecule has 1 atom stereocenters. The molecule has 1 aromatic rings. The maximum Gasteiger partial charge on any atom is 0.252 e. The first-order valence-electron chi connectivity index (χ1n) is 8.23. The van der Waals surface area contributed by atoms with Crippen LogP contribution in [0.3, 0.4) is 0 Å². The number of likely N-dealkylation sites (tertiary alicyclic amines) is 1.